The number of rotatable bonds is 3. The van der Waals surface area contributed by atoms with Gasteiger partial charge in [0.1, 0.15) is 0 Å². The highest BCUT2D eigenvalue weighted by molar-refractivity contribution is 5.06. The largest absolute Gasteiger partial charge is 0.378 e. The Bertz CT molecular complexity index is 352. The van der Waals surface area contributed by atoms with Crippen molar-refractivity contribution in [1.29, 1.82) is 0 Å². The van der Waals surface area contributed by atoms with Crippen molar-refractivity contribution in [3.63, 3.8) is 0 Å². The van der Waals surface area contributed by atoms with E-state index in [0.29, 0.717) is 12.0 Å². The molecule has 20 heavy (non-hydrogen) atoms. The van der Waals surface area contributed by atoms with Gasteiger partial charge in [0.15, 0.2) is 0 Å². The fourth-order valence-corrected chi connectivity index (χ4v) is 4.04. The van der Waals surface area contributed by atoms with E-state index in [-0.39, 0.29) is 16.7 Å². The molecular formula is C16H32N2O2. The highest BCUT2D eigenvalue weighted by atomic mass is 16.5. The highest BCUT2D eigenvalue weighted by Crippen LogP contribution is 2.43. The molecular weight excluding hydrogens is 252 g/mol. The predicted molar refractivity (Wildman–Crippen MR) is 82.1 cm³/mol. The summed E-state index contributed by atoms with van der Waals surface area (Å²) < 4.78 is 12.0. The lowest BCUT2D eigenvalue weighted by atomic mass is 9.81. The van der Waals surface area contributed by atoms with Crippen LogP contribution in [-0.2, 0) is 9.47 Å². The third kappa shape index (κ3) is 2.89. The SMILES string of the molecule is CNC1C(CN2CCOCC2(C)C)C(C)(C)OC1(C)C. The molecule has 118 valence electrons. The van der Waals surface area contributed by atoms with Crippen molar-refractivity contribution in [3.05, 3.63) is 0 Å². The van der Waals surface area contributed by atoms with Crippen LogP contribution >= 0.6 is 0 Å². The summed E-state index contributed by atoms with van der Waals surface area (Å²) in [4.78, 5) is 2.57. The summed E-state index contributed by atoms with van der Waals surface area (Å²) in [6.45, 7) is 17.1. The number of hydrogen-bond donors (Lipinski definition) is 1. The van der Waals surface area contributed by atoms with E-state index in [1.807, 2.05) is 0 Å². The number of hydrogen-bond acceptors (Lipinski definition) is 4. The first-order valence-corrected chi connectivity index (χ1v) is 7.80. The zero-order valence-electron chi connectivity index (χ0n) is 14.2. The number of nitrogens with one attached hydrogen (secondary N) is 1. The van der Waals surface area contributed by atoms with Gasteiger partial charge in [-0.2, -0.15) is 0 Å². The van der Waals surface area contributed by atoms with Crippen molar-refractivity contribution < 1.29 is 9.47 Å². The van der Waals surface area contributed by atoms with E-state index >= 15 is 0 Å². The van der Waals surface area contributed by atoms with E-state index in [1.165, 1.54) is 0 Å². The quantitative estimate of drug-likeness (QED) is 0.858. The van der Waals surface area contributed by atoms with Gasteiger partial charge in [0.2, 0.25) is 0 Å². The average molecular weight is 284 g/mol. The Hall–Kier alpha value is -0.160. The van der Waals surface area contributed by atoms with Crippen molar-refractivity contribution in [2.45, 2.75) is 64.3 Å². The summed E-state index contributed by atoms with van der Waals surface area (Å²) in [5, 5.41) is 3.49. The Morgan fingerprint density at radius 2 is 1.75 bits per heavy atom. The molecule has 2 aliphatic rings. The summed E-state index contributed by atoms with van der Waals surface area (Å²) in [7, 11) is 2.05. The first kappa shape index (κ1) is 16.2. The van der Waals surface area contributed by atoms with Crippen LogP contribution < -0.4 is 5.32 Å². The van der Waals surface area contributed by atoms with Crippen LogP contribution in [0.3, 0.4) is 0 Å². The molecule has 4 heteroatoms. The molecule has 2 unspecified atom stereocenters. The maximum Gasteiger partial charge on any atom is 0.0790 e. The van der Waals surface area contributed by atoms with Crippen LogP contribution in [0.25, 0.3) is 0 Å². The van der Waals surface area contributed by atoms with Crippen LogP contribution in [-0.4, -0.2) is 61.0 Å². The molecule has 2 saturated heterocycles. The Morgan fingerprint density at radius 3 is 2.30 bits per heavy atom. The van der Waals surface area contributed by atoms with Gasteiger partial charge in [-0.25, -0.2) is 0 Å². The molecule has 2 heterocycles. The fourth-order valence-electron chi connectivity index (χ4n) is 4.04. The van der Waals surface area contributed by atoms with Gasteiger partial charge in [0, 0.05) is 30.6 Å². The van der Waals surface area contributed by atoms with Gasteiger partial charge in [-0.05, 0) is 48.6 Å². The zero-order chi connectivity index (χ0) is 15.2. The normalized spacial score (nSPS) is 36.1. The molecule has 0 aromatic carbocycles. The van der Waals surface area contributed by atoms with E-state index < -0.39 is 0 Å². The van der Waals surface area contributed by atoms with E-state index in [1.54, 1.807) is 0 Å². The third-order valence-electron chi connectivity index (χ3n) is 5.12. The number of nitrogens with zero attached hydrogens (tertiary/aromatic N) is 1. The van der Waals surface area contributed by atoms with Gasteiger partial charge in [-0.15, -0.1) is 0 Å². The van der Waals surface area contributed by atoms with Gasteiger partial charge >= 0.3 is 0 Å². The van der Waals surface area contributed by atoms with E-state index in [9.17, 15) is 0 Å². The molecule has 2 rings (SSSR count). The first-order valence-electron chi connectivity index (χ1n) is 7.80. The Labute approximate surface area is 124 Å². The van der Waals surface area contributed by atoms with Gasteiger partial charge in [0.05, 0.1) is 24.4 Å². The van der Waals surface area contributed by atoms with E-state index in [4.69, 9.17) is 9.47 Å². The lowest BCUT2D eigenvalue weighted by molar-refractivity contribution is -0.0918. The Kier molecular flexibility index (Phi) is 4.25. The number of likely N-dealkylation sites (N-methyl/N-ethyl adjacent to an activating group) is 1. The smallest absolute Gasteiger partial charge is 0.0790 e. The number of ether oxygens (including phenoxy) is 2. The minimum atomic E-state index is -0.126. The van der Waals surface area contributed by atoms with E-state index in [0.717, 1.165) is 26.3 Å². The van der Waals surface area contributed by atoms with Gasteiger partial charge < -0.3 is 14.8 Å². The summed E-state index contributed by atoms with van der Waals surface area (Å²) in [5.74, 6) is 0.472. The zero-order valence-corrected chi connectivity index (χ0v) is 14.2. The average Bonchev–Trinajstić information content (AvgIpc) is 2.46. The molecule has 0 spiro atoms. The Morgan fingerprint density at radius 1 is 1.10 bits per heavy atom. The minimum absolute atomic E-state index is 0.106. The predicted octanol–water partition coefficient (Wildman–Crippen LogP) is 1.89. The molecule has 0 radical (unpaired) electrons. The molecule has 0 bridgehead atoms. The van der Waals surface area contributed by atoms with Crippen LogP contribution in [0.2, 0.25) is 0 Å². The monoisotopic (exact) mass is 284 g/mol. The van der Waals surface area contributed by atoms with Gasteiger partial charge in [-0.3, -0.25) is 4.90 Å². The first-order chi connectivity index (χ1) is 9.10. The number of morpholine rings is 1. The van der Waals surface area contributed by atoms with Crippen molar-refractivity contribution in [3.8, 4) is 0 Å². The van der Waals surface area contributed by atoms with Crippen LogP contribution in [0, 0.1) is 5.92 Å². The Balaban J connectivity index is 2.17. The molecule has 0 aromatic rings. The van der Waals surface area contributed by atoms with Gasteiger partial charge in [0.25, 0.3) is 0 Å². The summed E-state index contributed by atoms with van der Waals surface area (Å²) in [6.07, 6.45) is 0. The summed E-state index contributed by atoms with van der Waals surface area (Å²) >= 11 is 0. The summed E-state index contributed by atoms with van der Waals surface area (Å²) in [6, 6.07) is 0.371. The van der Waals surface area contributed by atoms with Crippen LogP contribution in [0.5, 0.6) is 0 Å². The molecule has 2 fully saturated rings. The molecule has 4 nitrogen and oxygen atoms in total. The lowest BCUT2D eigenvalue weighted by Crippen LogP contribution is -2.58. The van der Waals surface area contributed by atoms with Crippen molar-refractivity contribution in [1.82, 2.24) is 10.2 Å². The standard InChI is InChI=1S/C16H32N2O2/c1-14(2)11-19-9-8-18(14)10-12-13(17-7)16(5,6)20-15(12,3)4/h12-13,17H,8-11H2,1-7H3. The van der Waals surface area contributed by atoms with Crippen molar-refractivity contribution in [2.75, 3.05) is 33.4 Å². The van der Waals surface area contributed by atoms with Crippen molar-refractivity contribution >= 4 is 0 Å². The topological polar surface area (TPSA) is 33.7 Å². The maximum absolute atomic E-state index is 6.34. The molecule has 1 N–H and O–H groups in total. The fraction of sp³-hybridized carbons (Fsp3) is 1.00. The van der Waals surface area contributed by atoms with Crippen LogP contribution in [0.1, 0.15) is 41.5 Å². The second-order valence-electron chi connectivity index (χ2n) is 7.99. The molecule has 0 amide bonds. The van der Waals surface area contributed by atoms with Gasteiger partial charge in [-0.1, -0.05) is 0 Å². The van der Waals surface area contributed by atoms with E-state index in [2.05, 4.69) is 58.8 Å². The molecule has 2 aliphatic heterocycles. The minimum Gasteiger partial charge on any atom is -0.378 e. The second kappa shape index (κ2) is 5.24. The van der Waals surface area contributed by atoms with Crippen molar-refractivity contribution in [2.24, 2.45) is 5.92 Å². The second-order valence-corrected chi connectivity index (χ2v) is 7.99. The van der Waals surface area contributed by atoms with Crippen LogP contribution in [0.4, 0.5) is 0 Å². The summed E-state index contributed by atoms with van der Waals surface area (Å²) in [5.41, 5.74) is -0.121. The lowest BCUT2D eigenvalue weighted by Gasteiger charge is -2.45. The maximum atomic E-state index is 6.34. The highest BCUT2D eigenvalue weighted by Gasteiger charge is 2.54. The molecule has 0 aromatic heterocycles. The molecule has 2 atom stereocenters. The van der Waals surface area contributed by atoms with Crippen LogP contribution in [0.15, 0.2) is 0 Å². The third-order valence-corrected chi connectivity index (χ3v) is 5.12. The molecule has 0 aliphatic carbocycles. The molecule has 0 saturated carbocycles.